The van der Waals surface area contributed by atoms with Crippen molar-refractivity contribution in [3.63, 3.8) is 0 Å². The van der Waals surface area contributed by atoms with E-state index in [4.69, 9.17) is 9.84 Å². The van der Waals surface area contributed by atoms with Crippen LogP contribution in [0.15, 0.2) is 0 Å². The molecule has 0 saturated heterocycles. The Hall–Kier alpha value is -0.0800. The van der Waals surface area contributed by atoms with Crippen LogP contribution in [0.4, 0.5) is 0 Å². The van der Waals surface area contributed by atoms with Crippen molar-refractivity contribution in [2.75, 3.05) is 13.2 Å². The quantitative estimate of drug-likeness (QED) is 0.759. The Morgan fingerprint density at radius 2 is 1.57 bits per heavy atom. The molecule has 0 aliphatic heterocycles. The van der Waals surface area contributed by atoms with E-state index in [2.05, 4.69) is 41.5 Å². The molecular formula is C12H26O2. The lowest BCUT2D eigenvalue weighted by molar-refractivity contribution is -0.0462. The first kappa shape index (κ1) is 13.9. The molecule has 0 rings (SSSR count). The fourth-order valence-corrected chi connectivity index (χ4v) is 1.27. The first-order chi connectivity index (χ1) is 6.17. The van der Waals surface area contributed by atoms with Crippen LogP contribution in [-0.4, -0.2) is 23.9 Å². The van der Waals surface area contributed by atoms with Crippen LogP contribution in [0, 0.1) is 11.3 Å². The molecule has 1 N–H and O–H groups in total. The smallest absolute Gasteiger partial charge is 0.0598 e. The second-order valence-electron chi connectivity index (χ2n) is 6.00. The van der Waals surface area contributed by atoms with E-state index < -0.39 is 0 Å². The highest BCUT2D eigenvalue weighted by molar-refractivity contribution is 4.74. The number of aliphatic hydroxyl groups excluding tert-OH is 1. The Morgan fingerprint density at radius 1 is 1.07 bits per heavy atom. The van der Waals surface area contributed by atoms with Gasteiger partial charge in [-0.25, -0.2) is 0 Å². The number of hydrogen-bond donors (Lipinski definition) is 1. The summed E-state index contributed by atoms with van der Waals surface area (Å²) in [4.78, 5) is 0. The van der Waals surface area contributed by atoms with Gasteiger partial charge >= 0.3 is 0 Å². The van der Waals surface area contributed by atoms with Gasteiger partial charge in [-0.05, 0) is 38.5 Å². The lowest BCUT2D eigenvalue weighted by atomic mass is 9.79. The van der Waals surface area contributed by atoms with E-state index >= 15 is 0 Å². The average molecular weight is 202 g/mol. The van der Waals surface area contributed by atoms with E-state index in [0.29, 0.717) is 5.92 Å². The van der Waals surface area contributed by atoms with E-state index in [0.717, 1.165) is 13.0 Å². The Balaban J connectivity index is 4.12. The molecule has 1 unspecified atom stereocenters. The number of ether oxygens (including phenoxy) is 1. The van der Waals surface area contributed by atoms with Crippen LogP contribution in [0.5, 0.6) is 0 Å². The predicted octanol–water partition coefficient (Wildman–Crippen LogP) is 2.85. The molecule has 0 fully saturated rings. The Kier molecular flexibility index (Phi) is 5.10. The lowest BCUT2D eigenvalue weighted by Crippen LogP contribution is -2.31. The first-order valence-electron chi connectivity index (χ1n) is 5.41. The molecule has 2 nitrogen and oxygen atoms in total. The summed E-state index contributed by atoms with van der Waals surface area (Å²) in [5.41, 5.74) is 0.118. The summed E-state index contributed by atoms with van der Waals surface area (Å²) >= 11 is 0. The molecule has 0 aromatic heterocycles. The fourth-order valence-electron chi connectivity index (χ4n) is 1.27. The van der Waals surface area contributed by atoms with Crippen molar-refractivity contribution in [2.45, 2.75) is 53.6 Å². The largest absolute Gasteiger partial charge is 0.396 e. The maximum atomic E-state index is 8.97. The zero-order chi connectivity index (χ0) is 11.4. The zero-order valence-electron chi connectivity index (χ0n) is 10.6. The minimum absolute atomic E-state index is 0.0844. The molecule has 0 saturated carbocycles. The van der Waals surface area contributed by atoms with Gasteiger partial charge in [0.25, 0.3) is 0 Å². The van der Waals surface area contributed by atoms with Crippen LogP contribution in [-0.2, 0) is 4.74 Å². The third-order valence-electron chi connectivity index (χ3n) is 2.42. The molecule has 0 amide bonds. The number of rotatable bonds is 4. The molecule has 0 spiro atoms. The Labute approximate surface area is 88.7 Å². The molecule has 0 aromatic rings. The van der Waals surface area contributed by atoms with E-state index in [1.807, 2.05) is 0 Å². The molecular weight excluding hydrogens is 176 g/mol. The molecule has 0 radical (unpaired) electrons. The van der Waals surface area contributed by atoms with Crippen molar-refractivity contribution in [2.24, 2.45) is 11.3 Å². The summed E-state index contributed by atoms with van der Waals surface area (Å²) in [6.07, 6.45) is 0.819. The average Bonchev–Trinajstić information content (AvgIpc) is 1.93. The maximum absolute atomic E-state index is 8.97. The third-order valence-corrected chi connectivity index (χ3v) is 2.42. The second-order valence-corrected chi connectivity index (χ2v) is 6.00. The van der Waals surface area contributed by atoms with Gasteiger partial charge in [-0.15, -0.1) is 0 Å². The van der Waals surface area contributed by atoms with Crippen molar-refractivity contribution < 1.29 is 9.84 Å². The van der Waals surface area contributed by atoms with Crippen molar-refractivity contribution in [3.05, 3.63) is 0 Å². The van der Waals surface area contributed by atoms with Crippen LogP contribution in [0.1, 0.15) is 48.0 Å². The minimum atomic E-state index is -0.0844. The van der Waals surface area contributed by atoms with Gasteiger partial charge in [0.15, 0.2) is 0 Å². The van der Waals surface area contributed by atoms with Gasteiger partial charge in [0.05, 0.1) is 12.2 Å². The Bertz CT molecular complexity index is 151. The summed E-state index contributed by atoms with van der Waals surface area (Å²) in [6, 6.07) is 0. The van der Waals surface area contributed by atoms with Gasteiger partial charge in [0.2, 0.25) is 0 Å². The van der Waals surface area contributed by atoms with Gasteiger partial charge in [-0.3, -0.25) is 0 Å². The topological polar surface area (TPSA) is 29.5 Å². The summed E-state index contributed by atoms with van der Waals surface area (Å²) in [6.45, 7) is 13.7. The van der Waals surface area contributed by atoms with E-state index in [1.165, 1.54) is 0 Å². The molecule has 0 bridgehead atoms. The van der Waals surface area contributed by atoms with Crippen LogP contribution < -0.4 is 0 Å². The maximum Gasteiger partial charge on any atom is 0.0598 e. The predicted molar refractivity (Wildman–Crippen MR) is 60.4 cm³/mol. The Morgan fingerprint density at radius 3 is 1.86 bits per heavy atom. The standard InChI is InChI=1S/C12H26O2/c1-11(2,3)10(7-8-13)9-14-12(4,5)6/h10,13H,7-9H2,1-6H3. The minimum Gasteiger partial charge on any atom is -0.396 e. The van der Waals surface area contributed by atoms with E-state index in [1.54, 1.807) is 0 Å². The second kappa shape index (κ2) is 5.13. The summed E-state index contributed by atoms with van der Waals surface area (Å²) in [7, 11) is 0. The third kappa shape index (κ3) is 6.39. The highest BCUT2D eigenvalue weighted by Crippen LogP contribution is 2.29. The van der Waals surface area contributed by atoms with Gasteiger partial charge in [0.1, 0.15) is 0 Å². The summed E-state index contributed by atoms with van der Waals surface area (Å²) in [5, 5.41) is 8.97. The zero-order valence-corrected chi connectivity index (χ0v) is 10.6. The molecule has 14 heavy (non-hydrogen) atoms. The van der Waals surface area contributed by atoms with Crippen molar-refractivity contribution in [1.82, 2.24) is 0 Å². The van der Waals surface area contributed by atoms with Crippen LogP contribution >= 0.6 is 0 Å². The van der Waals surface area contributed by atoms with Gasteiger partial charge in [-0.1, -0.05) is 20.8 Å². The summed E-state index contributed by atoms with van der Waals surface area (Å²) < 4.78 is 5.76. The van der Waals surface area contributed by atoms with Crippen LogP contribution in [0.3, 0.4) is 0 Å². The SMILES string of the molecule is CC(C)(C)OCC(CCO)C(C)(C)C. The fraction of sp³-hybridized carbons (Fsp3) is 1.00. The monoisotopic (exact) mass is 202 g/mol. The first-order valence-corrected chi connectivity index (χ1v) is 5.41. The number of hydrogen-bond acceptors (Lipinski definition) is 2. The molecule has 0 aromatic carbocycles. The van der Waals surface area contributed by atoms with Crippen LogP contribution in [0.25, 0.3) is 0 Å². The lowest BCUT2D eigenvalue weighted by Gasteiger charge is -2.32. The normalized spacial score (nSPS) is 15.6. The molecule has 0 heterocycles. The number of aliphatic hydroxyl groups is 1. The van der Waals surface area contributed by atoms with Gasteiger partial charge in [0, 0.05) is 6.61 Å². The summed E-state index contributed by atoms with van der Waals surface area (Å²) in [5.74, 6) is 0.423. The molecule has 86 valence electrons. The van der Waals surface area contributed by atoms with Crippen LogP contribution in [0.2, 0.25) is 0 Å². The van der Waals surface area contributed by atoms with Gasteiger partial charge in [-0.2, -0.15) is 0 Å². The highest BCUT2D eigenvalue weighted by Gasteiger charge is 2.25. The van der Waals surface area contributed by atoms with E-state index in [-0.39, 0.29) is 17.6 Å². The van der Waals surface area contributed by atoms with Crippen molar-refractivity contribution in [3.8, 4) is 0 Å². The molecule has 0 aliphatic rings. The molecule has 2 heteroatoms. The molecule has 0 aliphatic carbocycles. The highest BCUT2D eigenvalue weighted by atomic mass is 16.5. The van der Waals surface area contributed by atoms with E-state index in [9.17, 15) is 0 Å². The van der Waals surface area contributed by atoms with Gasteiger partial charge < -0.3 is 9.84 Å². The molecule has 1 atom stereocenters. The van der Waals surface area contributed by atoms with Crippen molar-refractivity contribution >= 4 is 0 Å². The van der Waals surface area contributed by atoms with Crippen molar-refractivity contribution in [1.29, 1.82) is 0 Å².